The summed E-state index contributed by atoms with van der Waals surface area (Å²) in [6, 6.07) is 8.97. The van der Waals surface area contributed by atoms with E-state index in [1.165, 1.54) is 44.6 Å². The molecular weight excluding hydrogens is 386 g/mol. The molecule has 144 valence electrons. The molecule has 8 nitrogen and oxygen atoms in total. The number of methoxy groups -OCH3 is 2. The first-order chi connectivity index (χ1) is 13.3. The lowest BCUT2D eigenvalue weighted by Crippen LogP contribution is -2.14. The van der Waals surface area contributed by atoms with Gasteiger partial charge < -0.3 is 14.8 Å². The molecule has 0 aromatic heterocycles. The van der Waals surface area contributed by atoms with Gasteiger partial charge in [0, 0.05) is 12.1 Å². The number of ether oxygens (including phenoxy) is 2. The molecule has 2 aromatic carbocycles. The number of amides is 1. The van der Waals surface area contributed by atoms with Crippen LogP contribution in [0, 0.1) is 28.4 Å². The van der Waals surface area contributed by atoms with Gasteiger partial charge in [0.1, 0.15) is 11.6 Å². The van der Waals surface area contributed by atoms with Crippen molar-refractivity contribution in [2.24, 2.45) is 0 Å². The fourth-order valence-electron chi connectivity index (χ4n) is 2.38. The van der Waals surface area contributed by atoms with Gasteiger partial charge in [0.05, 0.1) is 29.9 Å². The molecule has 0 unspecified atom stereocenters. The van der Waals surface area contributed by atoms with Crippen LogP contribution in [0.25, 0.3) is 6.08 Å². The molecular formula is C19H16ClN3O5. The van der Waals surface area contributed by atoms with Crippen LogP contribution in [0.5, 0.6) is 11.5 Å². The summed E-state index contributed by atoms with van der Waals surface area (Å²) < 4.78 is 10.3. The van der Waals surface area contributed by atoms with Crippen molar-refractivity contribution in [3.05, 3.63) is 62.2 Å². The van der Waals surface area contributed by atoms with Crippen LogP contribution in [0.2, 0.25) is 5.02 Å². The van der Waals surface area contributed by atoms with Crippen molar-refractivity contribution in [3.63, 3.8) is 0 Å². The molecule has 1 N–H and O–H groups in total. The minimum atomic E-state index is -0.711. The highest BCUT2D eigenvalue weighted by molar-refractivity contribution is 6.32. The summed E-state index contributed by atoms with van der Waals surface area (Å²) in [4.78, 5) is 22.8. The second-order valence-corrected chi connectivity index (χ2v) is 6.03. The Morgan fingerprint density at radius 2 is 2.00 bits per heavy atom. The number of aryl methyl sites for hydroxylation is 1. The maximum absolute atomic E-state index is 12.5. The Morgan fingerprint density at radius 3 is 2.57 bits per heavy atom. The average molecular weight is 402 g/mol. The normalized spacial score (nSPS) is 10.8. The smallest absolute Gasteiger partial charge is 0.271 e. The largest absolute Gasteiger partial charge is 0.493 e. The second-order valence-electron chi connectivity index (χ2n) is 5.62. The molecule has 0 saturated heterocycles. The number of hydrogen-bond donors (Lipinski definition) is 1. The fraction of sp³-hybridized carbons (Fsp3) is 0.158. The van der Waals surface area contributed by atoms with Gasteiger partial charge >= 0.3 is 0 Å². The number of benzene rings is 2. The summed E-state index contributed by atoms with van der Waals surface area (Å²) in [6.45, 7) is 1.68. The quantitative estimate of drug-likeness (QED) is 0.337. The Labute approximate surface area is 166 Å². The van der Waals surface area contributed by atoms with Crippen LogP contribution in [-0.4, -0.2) is 25.1 Å². The number of nitro benzene ring substituents is 1. The Morgan fingerprint density at radius 1 is 1.29 bits per heavy atom. The van der Waals surface area contributed by atoms with Gasteiger partial charge in [-0.25, -0.2) is 0 Å². The van der Waals surface area contributed by atoms with Crippen LogP contribution in [0.15, 0.2) is 35.9 Å². The number of halogens is 1. The summed E-state index contributed by atoms with van der Waals surface area (Å²) in [7, 11) is 2.87. The van der Waals surface area contributed by atoms with Crippen LogP contribution in [0.3, 0.4) is 0 Å². The van der Waals surface area contributed by atoms with E-state index in [2.05, 4.69) is 5.32 Å². The highest BCUT2D eigenvalue weighted by Gasteiger charge is 2.16. The molecule has 0 radical (unpaired) electrons. The molecule has 2 aromatic rings. The minimum Gasteiger partial charge on any atom is -0.493 e. The molecule has 0 heterocycles. The third-order valence-electron chi connectivity index (χ3n) is 3.81. The molecule has 0 aliphatic carbocycles. The second kappa shape index (κ2) is 8.88. The molecule has 0 aliphatic rings. The Hall–Kier alpha value is -3.57. The molecule has 28 heavy (non-hydrogen) atoms. The maximum atomic E-state index is 12.5. The number of non-ortho nitro benzene ring substituents is 1. The summed E-state index contributed by atoms with van der Waals surface area (Å²) in [5.74, 6) is -0.0398. The zero-order valence-electron chi connectivity index (χ0n) is 15.3. The number of carbonyl (C=O) groups excluding carboxylic acids is 1. The van der Waals surface area contributed by atoms with Crippen molar-refractivity contribution in [2.45, 2.75) is 6.92 Å². The first-order valence-electron chi connectivity index (χ1n) is 7.90. The number of rotatable bonds is 6. The van der Waals surface area contributed by atoms with Crippen LogP contribution >= 0.6 is 11.6 Å². The predicted molar refractivity (Wildman–Crippen MR) is 105 cm³/mol. The van der Waals surface area contributed by atoms with Gasteiger partial charge in [-0.15, -0.1) is 0 Å². The summed E-state index contributed by atoms with van der Waals surface area (Å²) in [5, 5.41) is 23.1. The number of nitrogens with zero attached hydrogens (tertiary/aromatic N) is 2. The molecule has 0 aliphatic heterocycles. The van der Waals surface area contributed by atoms with Gasteiger partial charge in [-0.1, -0.05) is 17.7 Å². The topological polar surface area (TPSA) is 114 Å². The Kier molecular flexibility index (Phi) is 6.58. The van der Waals surface area contributed by atoms with Gasteiger partial charge in [-0.3, -0.25) is 14.9 Å². The third-order valence-corrected chi connectivity index (χ3v) is 4.09. The highest BCUT2D eigenvalue weighted by atomic mass is 35.5. The zero-order chi connectivity index (χ0) is 20.8. The lowest BCUT2D eigenvalue weighted by molar-refractivity contribution is -0.384. The summed E-state index contributed by atoms with van der Waals surface area (Å²) in [6.07, 6.45) is 1.33. The van der Waals surface area contributed by atoms with Gasteiger partial charge in [0.25, 0.3) is 11.6 Å². The molecule has 0 atom stereocenters. The van der Waals surface area contributed by atoms with Gasteiger partial charge in [0.2, 0.25) is 0 Å². The third kappa shape index (κ3) is 4.58. The van der Waals surface area contributed by atoms with Crippen LogP contribution < -0.4 is 14.8 Å². The van der Waals surface area contributed by atoms with E-state index in [0.29, 0.717) is 22.6 Å². The molecule has 0 saturated carbocycles. The SMILES string of the molecule is COc1cc(/C=C(\C#N)C(=O)Nc2cc([N+](=O)[O-])ccc2C)cc(Cl)c1OC. The van der Waals surface area contributed by atoms with Crippen LogP contribution in [-0.2, 0) is 4.79 Å². The van der Waals surface area contributed by atoms with E-state index in [-0.39, 0.29) is 22.0 Å². The molecule has 9 heteroatoms. The van der Waals surface area contributed by atoms with E-state index in [4.69, 9.17) is 21.1 Å². The molecule has 0 bridgehead atoms. The number of carbonyl (C=O) groups is 1. The number of nitriles is 1. The number of hydrogen-bond acceptors (Lipinski definition) is 6. The Balaban J connectivity index is 2.37. The van der Waals surface area contributed by atoms with Crippen molar-refractivity contribution in [2.75, 3.05) is 19.5 Å². The van der Waals surface area contributed by atoms with Crippen molar-refractivity contribution in [1.29, 1.82) is 5.26 Å². The molecule has 0 spiro atoms. The zero-order valence-corrected chi connectivity index (χ0v) is 16.0. The monoisotopic (exact) mass is 401 g/mol. The lowest BCUT2D eigenvalue weighted by Gasteiger charge is -2.11. The predicted octanol–water partition coefficient (Wildman–Crippen LogP) is 4.12. The first-order valence-corrected chi connectivity index (χ1v) is 8.28. The lowest BCUT2D eigenvalue weighted by atomic mass is 10.1. The van der Waals surface area contributed by atoms with Crippen molar-refractivity contribution in [1.82, 2.24) is 0 Å². The molecule has 2 rings (SSSR count). The van der Waals surface area contributed by atoms with E-state index in [1.54, 1.807) is 13.0 Å². The van der Waals surface area contributed by atoms with E-state index in [1.807, 2.05) is 6.07 Å². The van der Waals surface area contributed by atoms with Crippen molar-refractivity contribution < 1.29 is 19.2 Å². The number of anilines is 1. The summed E-state index contributed by atoms with van der Waals surface area (Å²) in [5.41, 5.74) is 0.922. The Bertz CT molecular complexity index is 1010. The van der Waals surface area contributed by atoms with Gasteiger partial charge in [-0.05, 0) is 36.3 Å². The molecule has 1 amide bonds. The van der Waals surface area contributed by atoms with Crippen molar-refractivity contribution in [3.8, 4) is 17.6 Å². The van der Waals surface area contributed by atoms with Crippen LogP contribution in [0.1, 0.15) is 11.1 Å². The van der Waals surface area contributed by atoms with Gasteiger partial charge in [0.15, 0.2) is 11.5 Å². The van der Waals surface area contributed by atoms with E-state index >= 15 is 0 Å². The minimum absolute atomic E-state index is 0.171. The van der Waals surface area contributed by atoms with Crippen molar-refractivity contribution >= 4 is 35.0 Å². The van der Waals surface area contributed by atoms with E-state index < -0.39 is 10.8 Å². The number of nitrogens with one attached hydrogen (secondary N) is 1. The average Bonchev–Trinajstić information content (AvgIpc) is 2.66. The van der Waals surface area contributed by atoms with Crippen LogP contribution in [0.4, 0.5) is 11.4 Å². The number of nitro groups is 1. The van der Waals surface area contributed by atoms with Gasteiger partial charge in [-0.2, -0.15) is 5.26 Å². The highest BCUT2D eigenvalue weighted by Crippen LogP contribution is 2.36. The summed E-state index contributed by atoms with van der Waals surface area (Å²) >= 11 is 6.14. The maximum Gasteiger partial charge on any atom is 0.271 e. The van der Waals surface area contributed by atoms with E-state index in [0.717, 1.165) is 0 Å². The van der Waals surface area contributed by atoms with E-state index in [9.17, 15) is 20.2 Å². The molecule has 0 fully saturated rings. The first kappa shape index (κ1) is 20.7. The standard InChI is InChI=1S/C19H16ClN3O5/c1-11-4-5-14(23(25)26)9-16(11)22-19(24)13(10-21)6-12-7-15(20)18(28-3)17(8-12)27-2/h4-9H,1-3H3,(H,22,24)/b13-6+. The fourth-order valence-corrected chi connectivity index (χ4v) is 2.68.